The monoisotopic (exact) mass is 346 g/mol. The highest BCUT2D eigenvalue weighted by atomic mass is 19.1. The third-order valence-electron chi connectivity index (χ3n) is 4.12. The molecule has 8 heteroatoms. The SMILES string of the molecule is Cc1nc2c(c(C)c1CC(=O)Nc1ccc(F)cc1F)c(=O)[nH]n2C. The number of aromatic nitrogens is 3. The van der Waals surface area contributed by atoms with E-state index in [1.807, 2.05) is 0 Å². The molecule has 2 aromatic heterocycles. The van der Waals surface area contributed by atoms with Gasteiger partial charge in [0.1, 0.15) is 11.6 Å². The van der Waals surface area contributed by atoms with Crippen LogP contribution in [0.25, 0.3) is 11.0 Å². The maximum atomic E-state index is 13.7. The van der Waals surface area contributed by atoms with Crippen LogP contribution in [0.4, 0.5) is 14.5 Å². The second kappa shape index (κ2) is 6.12. The number of fused-ring (bicyclic) bond motifs is 1. The summed E-state index contributed by atoms with van der Waals surface area (Å²) in [6.45, 7) is 3.48. The smallest absolute Gasteiger partial charge is 0.273 e. The largest absolute Gasteiger partial charge is 0.323 e. The van der Waals surface area contributed by atoms with E-state index in [-0.39, 0.29) is 17.7 Å². The molecular weight excluding hydrogens is 330 g/mol. The van der Waals surface area contributed by atoms with Crippen molar-refractivity contribution in [2.45, 2.75) is 20.3 Å². The molecule has 3 aromatic rings. The Morgan fingerprint density at radius 3 is 2.72 bits per heavy atom. The molecule has 25 heavy (non-hydrogen) atoms. The first-order valence-corrected chi connectivity index (χ1v) is 7.57. The lowest BCUT2D eigenvalue weighted by molar-refractivity contribution is -0.115. The fourth-order valence-electron chi connectivity index (χ4n) is 2.85. The highest BCUT2D eigenvalue weighted by molar-refractivity contribution is 5.93. The van der Waals surface area contributed by atoms with Gasteiger partial charge in [-0.05, 0) is 37.1 Å². The molecule has 0 spiro atoms. The summed E-state index contributed by atoms with van der Waals surface area (Å²) in [5.41, 5.74) is 1.98. The summed E-state index contributed by atoms with van der Waals surface area (Å²) in [5, 5.41) is 5.46. The molecule has 0 aliphatic carbocycles. The Kier molecular flexibility index (Phi) is 4.12. The number of nitrogens with zero attached hydrogens (tertiary/aromatic N) is 2. The fourth-order valence-corrected chi connectivity index (χ4v) is 2.85. The zero-order valence-electron chi connectivity index (χ0n) is 13.9. The molecule has 0 saturated heterocycles. The number of nitrogens with one attached hydrogen (secondary N) is 2. The number of H-pyrrole nitrogens is 1. The number of aryl methyl sites for hydroxylation is 3. The number of amides is 1. The van der Waals surface area contributed by atoms with Crippen molar-refractivity contribution in [2.75, 3.05) is 5.32 Å². The van der Waals surface area contributed by atoms with Gasteiger partial charge in [0.2, 0.25) is 5.91 Å². The first-order chi connectivity index (χ1) is 11.8. The number of carbonyl (C=O) groups is 1. The molecule has 0 aliphatic heterocycles. The molecule has 1 amide bonds. The number of aromatic amines is 1. The fraction of sp³-hybridized carbons (Fsp3) is 0.235. The van der Waals surface area contributed by atoms with Crippen LogP contribution >= 0.6 is 0 Å². The molecule has 2 heterocycles. The summed E-state index contributed by atoms with van der Waals surface area (Å²) < 4.78 is 28.1. The number of hydrogen-bond acceptors (Lipinski definition) is 3. The minimum Gasteiger partial charge on any atom is -0.323 e. The Bertz CT molecular complexity index is 1050. The van der Waals surface area contributed by atoms with Crippen LogP contribution < -0.4 is 10.9 Å². The lowest BCUT2D eigenvalue weighted by Gasteiger charge is -2.11. The van der Waals surface area contributed by atoms with Gasteiger partial charge in [-0.2, -0.15) is 0 Å². The average molecular weight is 346 g/mol. The topological polar surface area (TPSA) is 79.8 Å². The van der Waals surface area contributed by atoms with E-state index < -0.39 is 17.5 Å². The number of rotatable bonds is 3. The third-order valence-corrected chi connectivity index (χ3v) is 4.12. The maximum absolute atomic E-state index is 13.7. The van der Waals surface area contributed by atoms with E-state index in [1.165, 1.54) is 4.68 Å². The number of benzene rings is 1. The molecule has 0 atom stereocenters. The van der Waals surface area contributed by atoms with E-state index >= 15 is 0 Å². The van der Waals surface area contributed by atoms with Gasteiger partial charge in [-0.25, -0.2) is 13.8 Å². The molecule has 6 nitrogen and oxygen atoms in total. The standard InChI is InChI=1S/C17H16F2N4O2/c1-8-11(9(2)20-16-15(8)17(25)22-23(16)3)7-14(24)21-13-5-4-10(18)6-12(13)19/h4-6H,7H2,1-3H3,(H,21,24)(H,22,25). The Morgan fingerprint density at radius 2 is 2.04 bits per heavy atom. The van der Waals surface area contributed by atoms with Gasteiger partial charge < -0.3 is 5.32 Å². The summed E-state index contributed by atoms with van der Waals surface area (Å²) in [6, 6.07) is 2.92. The number of carbonyl (C=O) groups excluding carboxylic acids is 1. The quantitative estimate of drug-likeness (QED) is 0.764. The predicted octanol–water partition coefficient (Wildman–Crippen LogP) is 2.34. The summed E-state index contributed by atoms with van der Waals surface area (Å²) in [5.74, 6) is -2.06. The van der Waals surface area contributed by atoms with Gasteiger partial charge in [0, 0.05) is 18.8 Å². The van der Waals surface area contributed by atoms with Crippen LogP contribution in [0.2, 0.25) is 0 Å². The van der Waals surface area contributed by atoms with Crippen molar-refractivity contribution in [3.8, 4) is 0 Å². The predicted molar refractivity (Wildman–Crippen MR) is 89.5 cm³/mol. The molecular formula is C17H16F2N4O2. The van der Waals surface area contributed by atoms with E-state index in [9.17, 15) is 18.4 Å². The normalized spacial score (nSPS) is 11.1. The molecule has 0 saturated carbocycles. The van der Waals surface area contributed by atoms with E-state index in [1.54, 1.807) is 20.9 Å². The Morgan fingerprint density at radius 1 is 1.32 bits per heavy atom. The molecule has 0 aliphatic rings. The van der Waals surface area contributed by atoms with Crippen LogP contribution in [0.15, 0.2) is 23.0 Å². The van der Waals surface area contributed by atoms with Gasteiger partial charge in [0.05, 0.1) is 17.5 Å². The van der Waals surface area contributed by atoms with E-state index in [4.69, 9.17) is 0 Å². The number of anilines is 1. The van der Waals surface area contributed by atoms with Crippen molar-refractivity contribution in [1.29, 1.82) is 0 Å². The van der Waals surface area contributed by atoms with Crippen molar-refractivity contribution in [3.05, 3.63) is 57.0 Å². The summed E-state index contributed by atoms with van der Waals surface area (Å²) in [4.78, 5) is 28.7. The second-order valence-corrected chi connectivity index (χ2v) is 5.85. The van der Waals surface area contributed by atoms with Gasteiger partial charge in [0.25, 0.3) is 5.56 Å². The van der Waals surface area contributed by atoms with Gasteiger partial charge in [-0.15, -0.1) is 0 Å². The molecule has 1 aromatic carbocycles. The van der Waals surface area contributed by atoms with Gasteiger partial charge in [-0.3, -0.25) is 19.4 Å². The highest BCUT2D eigenvalue weighted by Crippen LogP contribution is 2.21. The molecule has 0 unspecified atom stereocenters. The maximum Gasteiger partial charge on any atom is 0.273 e. The molecule has 0 radical (unpaired) electrons. The first kappa shape index (κ1) is 16.8. The Hall–Kier alpha value is -3.03. The van der Waals surface area contributed by atoms with E-state index in [2.05, 4.69) is 15.4 Å². The van der Waals surface area contributed by atoms with Crippen LogP contribution in [0, 0.1) is 25.5 Å². The summed E-state index contributed by atoms with van der Waals surface area (Å²) in [7, 11) is 1.68. The first-order valence-electron chi connectivity index (χ1n) is 7.57. The second-order valence-electron chi connectivity index (χ2n) is 5.85. The van der Waals surface area contributed by atoms with E-state index in [0.29, 0.717) is 33.9 Å². The zero-order valence-corrected chi connectivity index (χ0v) is 13.9. The number of halogens is 2. The van der Waals surface area contributed by atoms with Crippen molar-refractivity contribution < 1.29 is 13.6 Å². The lowest BCUT2D eigenvalue weighted by atomic mass is 10.0. The van der Waals surface area contributed by atoms with Gasteiger partial charge in [0.15, 0.2) is 5.65 Å². The van der Waals surface area contributed by atoms with Crippen molar-refractivity contribution in [1.82, 2.24) is 14.8 Å². The van der Waals surface area contributed by atoms with Crippen molar-refractivity contribution in [2.24, 2.45) is 7.05 Å². The van der Waals surface area contributed by atoms with Gasteiger partial charge in [-0.1, -0.05) is 0 Å². The minimum absolute atomic E-state index is 0.0776. The number of pyridine rings is 1. The zero-order chi connectivity index (χ0) is 18.3. The molecule has 130 valence electrons. The average Bonchev–Trinajstić information content (AvgIpc) is 2.80. The molecule has 0 fully saturated rings. The Balaban J connectivity index is 1.93. The molecule has 3 rings (SSSR count). The summed E-state index contributed by atoms with van der Waals surface area (Å²) in [6.07, 6.45) is -0.0776. The number of hydrogen-bond donors (Lipinski definition) is 2. The van der Waals surface area contributed by atoms with Crippen molar-refractivity contribution in [3.63, 3.8) is 0 Å². The lowest BCUT2D eigenvalue weighted by Crippen LogP contribution is -2.17. The minimum atomic E-state index is -0.852. The highest BCUT2D eigenvalue weighted by Gasteiger charge is 2.18. The third kappa shape index (κ3) is 3.02. The molecule has 2 N–H and O–H groups in total. The van der Waals surface area contributed by atoms with Crippen LogP contribution in [0.3, 0.4) is 0 Å². The van der Waals surface area contributed by atoms with Crippen molar-refractivity contribution >= 4 is 22.6 Å². The van der Waals surface area contributed by atoms with Crippen LogP contribution in [-0.4, -0.2) is 20.7 Å². The van der Waals surface area contributed by atoms with E-state index in [0.717, 1.165) is 12.1 Å². The van der Waals surface area contributed by atoms with Gasteiger partial charge >= 0.3 is 0 Å². The Labute approximate surface area is 141 Å². The molecule has 0 bridgehead atoms. The van der Waals surface area contributed by atoms with Crippen LogP contribution in [0.5, 0.6) is 0 Å². The summed E-state index contributed by atoms with van der Waals surface area (Å²) >= 11 is 0. The van der Waals surface area contributed by atoms with Crippen LogP contribution in [-0.2, 0) is 18.3 Å². The van der Waals surface area contributed by atoms with Crippen LogP contribution in [0.1, 0.15) is 16.8 Å².